The van der Waals surface area contributed by atoms with Gasteiger partial charge in [-0.3, -0.25) is 0 Å². The van der Waals surface area contributed by atoms with Crippen LogP contribution in [0, 0.1) is 17.8 Å². The van der Waals surface area contributed by atoms with Gasteiger partial charge in [0, 0.05) is 15.1 Å². The average molecular weight is 343 g/mol. The van der Waals surface area contributed by atoms with E-state index in [9.17, 15) is 5.11 Å². The van der Waals surface area contributed by atoms with Crippen LogP contribution in [0.1, 0.15) is 33.1 Å². The molecule has 4 unspecified atom stereocenters. The summed E-state index contributed by atoms with van der Waals surface area (Å²) in [5.74, 6) is 2.86. The largest absolute Gasteiger partial charge is 0.392 e. The summed E-state index contributed by atoms with van der Waals surface area (Å²) in [6.45, 7) is 4.66. The average Bonchev–Trinajstić information content (AvgIpc) is 2.40. The fourth-order valence-corrected chi connectivity index (χ4v) is 4.44. The Labute approximate surface area is 129 Å². The second-order valence-electron chi connectivity index (χ2n) is 5.84. The molecular formula is C16H23BrOS. The molecule has 1 aliphatic rings. The van der Waals surface area contributed by atoms with Crippen molar-refractivity contribution in [3.05, 3.63) is 28.7 Å². The van der Waals surface area contributed by atoms with Crippen LogP contribution in [0.5, 0.6) is 0 Å². The van der Waals surface area contributed by atoms with Gasteiger partial charge in [0.2, 0.25) is 0 Å². The zero-order valence-electron chi connectivity index (χ0n) is 11.7. The number of aliphatic hydroxyl groups excluding tert-OH is 1. The Bertz CT molecular complexity index is 409. The van der Waals surface area contributed by atoms with E-state index in [2.05, 4.69) is 41.9 Å². The van der Waals surface area contributed by atoms with Gasteiger partial charge < -0.3 is 5.11 Å². The standard InChI is InChI=1S/C16H23BrOS/c1-11-7-8-13(9-12(11)2)15(18)10-19-16-6-4-3-5-14(16)17/h3-6,11-13,15,18H,7-10H2,1-2H3. The van der Waals surface area contributed by atoms with Gasteiger partial charge in [-0.25, -0.2) is 0 Å². The zero-order valence-corrected chi connectivity index (χ0v) is 14.1. The van der Waals surface area contributed by atoms with Crippen LogP contribution in [-0.2, 0) is 0 Å². The molecule has 4 atom stereocenters. The molecule has 106 valence electrons. The maximum Gasteiger partial charge on any atom is 0.0662 e. The van der Waals surface area contributed by atoms with Crippen molar-refractivity contribution in [2.24, 2.45) is 17.8 Å². The van der Waals surface area contributed by atoms with Gasteiger partial charge in [-0.15, -0.1) is 11.8 Å². The summed E-state index contributed by atoms with van der Waals surface area (Å²) in [4.78, 5) is 1.22. The Balaban J connectivity index is 1.85. The minimum Gasteiger partial charge on any atom is -0.392 e. The fraction of sp³-hybridized carbons (Fsp3) is 0.625. The lowest BCUT2D eigenvalue weighted by molar-refractivity contribution is 0.0729. The Morgan fingerprint density at radius 3 is 2.68 bits per heavy atom. The topological polar surface area (TPSA) is 20.2 Å². The third-order valence-electron chi connectivity index (χ3n) is 4.43. The number of halogens is 1. The highest BCUT2D eigenvalue weighted by Gasteiger charge is 2.29. The van der Waals surface area contributed by atoms with E-state index in [1.807, 2.05) is 12.1 Å². The molecule has 3 heteroatoms. The molecule has 1 N–H and O–H groups in total. The van der Waals surface area contributed by atoms with E-state index in [1.165, 1.54) is 24.2 Å². The summed E-state index contributed by atoms with van der Waals surface area (Å²) in [5.41, 5.74) is 0. The smallest absolute Gasteiger partial charge is 0.0662 e. The van der Waals surface area contributed by atoms with E-state index < -0.39 is 0 Å². The minimum absolute atomic E-state index is 0.174. The minimum atomic E-state index is -0.174. The molecule has 0 radical (unpaired) electrons. The molecule has 1 aromatic rings. The Morgan fingerprint density at radius 2 is 2.00 bits per heavy atom. The van der Waals surface area contributed by atoms with Gasteiger partial charge in [0.25, 0.3) is 0 Å². The maximum absolute atomic E-state index is 10.4. The van der Waals surface area contributed by atoms with Crippen molar-refractivity contribution in [3.8, 4) is 0 Å². The third-order valence-corrected chi connectivity index (χ3v) is 6.56. The number of rotatable bonds is 4. The molecule has 1 nitrogen and oxygen atoms in total. The van der Waals surface area contributed by atoms with E-state index in [4.69, 9.17) is 0 Å². The highest BCUT2D eigenvalue weighted by atomic mass is 79.9. The molecule has 0 amide bonds. The monoisotopic (exact) mass is 342 g/mol. The highest BCUT2D eigenvalue weighted by molar-refractivity contribution is 9.10. The highest BCUT2D eigenvalue weighted by Crippen LogP contribution is 2.37. The normalized spacial score (nSPS) is 29.2. The molecule has 1 fully saturated rings. The number of hydrogen-bond acceptors (Lipinski definition) is 2. The van der Waals surface area contributed by atoms with Crippen molar-refractivity contribution in [3.63, 3.8) is 0 Å². The van der Waals surface area contributed by atoms with Crippen LogP contribution in [0.3, 0.4) is 0 Å². The molecule has 19 heavy (non-hydrogen) atoms. The van der Waals surface area contributed by atoms with Gasteiger partial charge in [0.15, 0.2) is 0 Å². The molecular weight excluding hydrogens is 320 g/mol. The van der Waals surface area contributed by atoms with Crippen LogP contribution in [0.25, 0.3) is 0 Å². The second kappa shape index (κ2) is 7.14. The molecule has 1 aliphatic carbocycles. The Morgan fingerprint density at radius 1 is 1.26 bits per heavy atom. The van der Waals surface area contributed by atoms with Gasteiger partial charge in [0.05, 0.1) is 6.10 Å². The van der Waals surface area contributed by atoms with Crippen LogP contribution in [0.15, 0.2) is 33.6 Å². The molecule has 1 saturated carbocycles. The molecule has 0 aliphatic heterocycles. The van der Waals surface area contributed by atoms with E-state index >= 15 is 0 Å². The Kier molecular flexibility index (Phi) is 5.79. The van der Waals surface area contributed by atoms with Crippen LogP contribution in [0.4, 0.5) is 0 Å². The van der Waals surface area contributed by atoms with E-state index in [1.54, 1.807) is 11.8 Å². The number of aliphatic hydroxyl groups is 1. The lowest BCUT2D eigenvalue weighted by atomic mass is 9.74. The SMILES string of the molecule is CC1CCC(C(O)CSc2ccccc2Br)CC1C. The molecule has 2 rings (SSSR count). The summed E-state index contributed by atoms with van der Waals surface area (Å²) < 4.78 is 1.12. The summed E-state index contributed by atoms with van der Waals surface area (Å²) in [7, 11) is 0. The molecule has 0 aromatic heterocycles. The molecule has 0 heterocycles. The summed E-state index contributed by atoms with van der Waals surface area (Å²) in [5, 5.41) is 10.4. The van der Waals surface area contributed by atoms with E-state index in [0.717, 1.165) is 22.1 Å². The quantitative estimate of drug-likeness (QED) is 0.779. The van der Waals surface area contributed by atoms with Crippen LogP contribution < -0.4 is 0 Å². The predicted octanol–water partition coefficient (Wildman–Crippen LogP) is 4.97. The summed E-state index contributed by atoms with van der Waals surface area (Å²) >= 11 is 5.31. The van der Waals surface area contributed by atoms with Gasteiger partial charge in [-0.2, -0.15) is 0 Å². The van der Waals surface area contributed by atoms with E-state index in [-0.39, 0.29) is 6.10 Å². The van der Waals surface area contributed by atoms with Gasteiger partial charge >= 0.3 is 0 Å². The van der Waals surface area contributed by atoms with Crippen LogP contribution in [0.2, 0.25) is 0 Å². The lowest BCUT2D eigenvalue weighted by Gasteiger charge is -2.34. The first-order valence-corrected chi connectivity index (χ1v) is 8.91. The third kappa shape index (κ3) is 4.24. The van der Waals surface area contributed by atoms with Crippen molar-refractivity contribution >= 4 is 27.7 Å². The fourth-order valence-electron chi connectivity index (χ4n) is 2.81. The first-order chi connectivity index (χ1) is 9.08. The van der Waals surface area contributed by atoms with E-state index in [0.29, 0.717) is 5.92 Å². The van der Waals surface area contributed by atoms with Crippen molar-refractivity contribution < 1.29 is 5.11 Å². The number of thioether (sulfide) groups is 1. The van der Waals surface area contributed by atoms with Crippen LogP contribution >= 0.6 is 27.7 Å². The predicted molar refractivity (Wildman–Crippen MR) is 86.5 cm³/mol. The maximum atomic E-state index is 10.4. The van der Waals surface area contributed by atoms with Gasteiger partial charge in [0.1, 0.15) is 0 Å². The van der Waals surface area contributed by atoms with Crippen molar-refractivity contribution in [2.45, 2.75) is 44.1 Å². The molecule has 1 aromatic carbocycles. The Hall–Kier alpha value is 0.01000. The summed E-state index contributed by atoms with van der Waals surface area (Å²) in [6.07, 6.45) is 3.46. The molecule has 0 spiro atoms. The second-order valence-corrected chi connectivity index (χ2v) is 7.75. The van der Waals surface area contributed by atoms with Crippen molar-refractivity contribution in [1.29, 1.82) is 0 Å². The van der Waals surface area contributed by atoms with Crippen molar-refractivity contribution in [1.82, 2.24) is 0 Å². The number of hydrogen-bond donors (Lipinski definition) is 1. The van der Waals surface area contributed by atoms with Gasteiger partial charge in [-0.1, -0.05) is 32.4 Å². The first kappa shape index (κ1) is 15.4. The molecule has 0 saturated heterocycles. The van der Waals surface area contributed by atoms with Crippen molar-refractivity contribution in [2.75, 3.05) is 5.75 Å². The molecule has 0 bridgehead atoms. The number of benzene rings is 1. The van der Waals surface area contributed by atoms with Gasteiger partial charge in [-0.05, 0) is 58.7 Å². The summed E-state index contributed by atoms with van der Waals surface area (Å²) in [6, 6.07) is 8.23. The first-order valence-electron chi connectivity index (χ1n) is 7.13. The zero-order chi connectivity index (χ0) is 13.8. The lowest BCUT2D eigenvalue weighted by Crippen LogP contribution is -2.30. The van der Waals surface area contributed by atoms with Crippen LogP contribution in [-0.4, -0.2) is 17.0 Å².